The van der Waals surface area contributed by atoms with E-state index in [0.717, 1.165) is 11.1 Å². The lowest BCUT2D eigenvalue weighted by atomic mass is 10.1. The van der Waals surface area contributed by atoms with E-state index in [1.54, 1.807) is 31.2 Å². The molecule has 7 nitrogen and oxygen atoms in total. The largest absolute Gasteiger partial charge is 0.425 e. The Kier molecular flexibility index (Phi) is 5.35. The number of carbonyl (C=O) groups is 1. The second-order valence-electron chi connectivity index (χ2n) is 6.48. The second kappa shape index (κ2) is 7.57. The third kappa shape index (κ3) is 4.29. The standard InChI is InChI=1S/C20H19NO6S/c1-12-4-7-16(8-5-12)28(24,25)21-14(3)20(23)26-15-6-9-17-13(2)10-19(22)27-18(17)11-15/h4-11,14,21H,1-3H3/t14-/m0/s1. The zero-order valence-electron chi connectivity index (χ0n) is 15.6. The van der Waals surface area contributed by atoms with Crippen LogP contribution in [0.1, 0.15) is 18.1 Å². The van der Waals surface area contributed by atoms with Crippen molar-refractivity contribution in [3.63, 3.8) is 0 Å². The molecular formula is C20H19NO6S. The number of hydrogen-bond acceptors (Lipinski definition) is 6. The maximum atomic E-state index is 12.4. The van der Waals surface area contributed by atoms with Gasteiger partial charge in [-0.25, -0.2) is 18.0 Å². The van der Waals surface area contributed by atoms with Crippen LogP contribution in [0.2, 0.25) is 0 Å². The molecule has 146 valence electrons. The van der Waals surface area contributed by atoms with Crippen LogP contribution >= 0.6 is 0 Å². The quantitative estimate of drug-likeness (QED) is 0.401. The molecule has 0 radical (unpaired) electrons. The molecule has 1 heterocycles. The fraction of sp³-hybridized carbons (Fsp3) is 0.200. The van der Waals surface area contributed by atoms with Crippen LogP contribution in [-0.2, 0) is 14.8 Å². The molecule has 0 aliphatic heterocycles. The number of esters is 1. The minimum atomic E-state index is -3.87. The highest BCUT2D eigenvalue weighted by Crippen LogP contribution is 2.22. The van der Waals surface area contributed by atoms with Crippen LogP contribution in [0, 0.1) is 13.8 Å². The van der Waals surface area contributed by atoms with Gasteiger partial charge in [-0.1, -0.05) is 17.7 Å². The average molecular weight is 401 g/mol. The molecule has 0 spiro atoms. The highest BCUT2D eigenvalue weighted by atomic mass is 32.2. The van der Waals surface area contributed by atoms with Crippen molar-refractivity contribution >= 4 is 27.0 Å². The summed E-state index contributed by atoms with van der Waals surface area (Å²) in [5.41, 5.74) is 1.43. The van der Waals surface area contributed by atoms with Gasteiger partial charge in [0.15, 0.2) is 0 Å². The maximum Gasteiger partial charge on any atom is 0.336 e. The van der Waals surface area contributed by atoms with E-state index < -0.39 is 27.7 Å². The molecule has 3 rings (SSSR count). The van der Waals surface area contributed by atoms with Crippen LogP contribution in [0.5, 0.6) is 5.75 Å². The van der Waals surface area contributed by atoms with E-state index in [4.69, 9.17) is 9.15 Å². The minimum absolute atomic E-state index is 0.0562. The Bertz CT molecular complexity index is 1200. The second-order valence-corrected chi connectivity index (χ2v) is 8.20. The highest BCUT2D eigenvalue weighted by molar-refractivity contribution is 7.89. The minimum Gasteiger partial charge on any atom is -0.425 e. The van der Waals surface area contributed by atoms with Gasteiger partial charge in [-0.3, -0.25) is 0 Å². The summed E-state index contributed by atoms with van der Waals surface area (Å²) in [7, 11) is -3.87. The fourth-order valence-electron chi connectivity index (χ4n) is 2.64. The smallest absolute Gasteiger partial charge is 0.336 e. The molecule has 0 bridgehead atoms. The van der Waals surface area contributed by atoms with Crippen molar-refractivity contribution in [3.8, 4) is 5.75 Å². The lowest BCUT2D eigenvalue weighted by Crippen LogP contribution is -2.40. The third-order valence-electron chi connectivity index (χ3n) is 4.16. The Balaban J connectivity index is 1.76. The summed E-state index contributed by atoms with van der Waals surface area (Å²) in [6.45, 7) is 5.00. The van der Waals surface area contributed by atoms with Gasteiger partial charge in [0, 0.05) is 17.5 Å². The number of ether oxygens (including phenoxy) is 1. The summed E-state index contributed by atoms with van der Waals surface area (Å²) in [5.74, 6) is -0.641. The van der Waals surface area contributed by atoms with Gasteiger partial charge in [-0.05, 0) is 50.6 Å². The molecule has 8 heteroatoms. The summed E-state index contributed by atoms with van der Waals surface area (Å²) in [6.07, 6.45) is 0. The molecule has 0 aliphatic carbocycles. The van der Waals surface area contributed by atoms with Crippen LogP contribution in [0.25, 0.3) is 11.0 Å². The first-order chi connectivity index (χ1) is 13.2. The van der Waals surface area contributed by atoms with Gasteiger partial charge >= 0.3 is 11.6 Å². The average Bonchev–Trinajstić information content (AvgIpc) is 2.61. The molecule has 0 unspecified atom stereocenters. The Hall–Kier alpha value is -2.97. The van der Waals surface area contributed by atoms with Crippen molar-refractivity contribution in [2.45, 2.75) is 31.7 Å². The molecule has 2 aromatic carbocycles. The zero-order valence-corrected chi connectivity index (χ0v) is 16.4. The molecule has 0 aliphatic rings. The Morgan fingerprint density at radius 1 is 1.07 bits per heavy atom. The van der Waals surface area contributed by atoms with E-state index in [1.807, 2.05) is 6.92 Å². The highest BCUT2D eigenvalue weighted by Gasteiger charge is 2.23. The predicted molar refractivity (Wildman–Crippen MR) is 104 cm³/mol. The van der Waals surface area contributed by atoms with E-state index in [0.29, 0.717) is 5.39 Å². The monoisotopic (exact) mass is 401 g/mol. The summed E-state index contributed by atoms with van der Waals surface area (Å²) < 4.78 is 37.4. The molecule has 0 amide bonds. The fourth-order valence-corrected chi connectivity index (χ4v) is 3.83. The lowest BCUT2D eigenvalue weighted by Gasteiger charge is -2.14. The number of carbonyl (C=O) groups excluding carboxylic acids is 1. The van der Waals surface area contributed by atoms with E-state index >= 15 is 0 Å². The van der Waals surface area contributed by atoms with Crippen molar-refractivity contribution in [1.82, 2.24) is 4.72 Å². The summed E-state index contributed by atoms with van der Waals surface area (Å²) >= 11 is 0. The first-order valence-corrected chi connectivity index (χ1v) is 9.99. The summed E-state index contributed by atoms with van der Waals surface area (Å²) in [5, 5.41) is 0.715. The van der Waals surface area contributed by atoms with Gasteiger partial charge in [-0.2, -0.15) is 4.72 Å². The molecule has 0 fully saturated rings. The van der Waals surface area contributed by atoms with Crippen LogP contribution < -0.4 is 15.1 Å². The van der Waals surface area contributed by atoms with E-state index in [9.17, 15) is 18.0 Å². The number of benzene rings is 2. The molecule has 0 saturated carbocycles. The zero-order chi connectivity index (χ0) is 20.5. The molecule has 1 N–H and O–H groups in total. The SMILES string of the molecule is Cc1ccc(S(=O)(=O)N[C@@H](C)C(=O)Oc2ccc3c(C)cc(=O)oc3c2)cc1. The lowest BCUT2D eigenvalue weighted by molar-refractivity contribution is -0.135. The number of rotatable bonds is 5. The first-order valence-electron chi connectivity index (χ1n) is 8.51. The van der Waals surface area contributed by atoms with Crippen molar-refractivity contribution in [3.05, 3.63) is 70.1 Å². The Morgan fingerprint density at radius 2 is 1.75 bits per heavy atom. The normalized spacial score (nSPS) is 12.7. The van der Waals surface area contributed by atoms with Crippen molar-refractivity contribution in [2.75, 3.05) is 0 Å². The summed E-state index contributed by atoms with van der Waals surface area (Å²) in [6, 6.07) is 11.1. The number of nitrogens with one attached hydrogen (secondary N) is 1. The Morgan fingerprint density at radius 3 is 2.43 bits per heavy atom. The first kappa shape index (κ1) is 19.8. The Labute approximate surface area is 162 Å². The van der Waals surface area contributed by atoms with Gasteiger partial charge in [-0.15, -0.1) is 0 Å². The molecule has 1 atom stereocenters. The predicted octanol–water partition coefficient (Wildman–Crippen LogP) is 2.68. The van der Waals surface area contributed by atoms with Gasteiger partial charge in [0.1, 0.15) is 17.4 Å². The number of sulfonamides is 1. The van der Waals surface area contributed by atoms with Gasteiger partial charge in [0.05, 0.1) is 4.90 Å². The van der Waals surface area contributed by atoms with E-state index in [-0.39, 0.29) is 16.2 Å². The van der Waals surface area contributed by atoms with E-state index in [2.05, 4.69) is 4.72 Å². The number of aryl methyl sites for hydroxylation is 2. The van der Waals surface area contributed by atoms with Gasteiger partial charge in [0.25, 0.3) is 0 Å². The molecular weight excluding hydrogens is 382 g/mol. The van der Waals surface area contributed by atoms with Crippen LogP contribution in [-0.4, -0.2) is 20.4 Å². The number of hydrogen-bond donors (Lipinski definition) is 1. The van der Waals surface area contributed by atoms with Gasteiger partial charge < -0.3 is 9.15 Å². The topological polar surface area (TPSA) is 103 Å². The van der Waals surface area contributed by atoms with E-state index in [1.165, 1.54) is 31.2 Å². The summed E-state index contributed by atoms with van der Waals surface area (Å²) in [4.78, 5) is 23.9. The van der Waals surface area contributed by atoms with Crippen LogP contribution in [0.15, 0.2) is 62.6 Å². The molecule has 0 saturated heterocycles. The molecule has 1 aromatic heterocycles. The van der Waals surface area contributed by atoms with Crippen LogP contribution in [0.4, 0.5) is 0 Å². The van der Waals surface area contributed by atoms with Crippen molar-refractivity contribution in [1.29, 1.82) is 0 Å². The molecule has 28 heavy (non-hydrogen) atoms. The van der Waals surface area contributed by atoms with Gasteiger partial charge in [0.2, 0.25) is 10.0 Å². The number of fused-ring (bicyclic) bond motifs is 1. The maximum absolute atomic E-state index is 12.4. The van der Waals surface area contributed by atoms with Crippen molar-refractivity contribution < 1.29 is 22.4 Å². The van der Waals surface area contributed by atoms with Crippen LogP contribution in [0.3, 0.4) is 0 Å². The van der Waals surface area contributed by atoms with Crippen molar-refractivity contribution in [2.24, 2.45) is 0 Å². The third-order valence-corrected chi connectivity index (χ3v) is 5.71. The molecule has 3 aromatic rings.